The summed E-state index contributed by atoms with van der Waals surface area (Å²) in [6, 6.07) is 16.6. The summed E-state index contributed by atoms with van der Waals surface area (Å²) < 4.78 is 28.6. The van der Waals surface area contributed by atoms with Crippen molar-refractivity contribution in [1.82, 2.24) is 19.4 Å². The van der Waals surface area contributed by atoms with Gasteiger partial charge in [0.2, 0.25) is 0 Å². The van der Waals surface area contributed by atoms with Crippen LogP contribution < -0.4 is 0 Å². The van der Waals surface area contributed by atoms with Crippen LogP contribution in [0, 0.1) is 11.3 Å². The van der Waals surface area contributed by atoms with E-state index in [0.29, 0.717) is 22.4 Å². The minimum absolute atomic E-state index is 0.187. The first-order valence-corrected chi connectivity index (χ1v) is 9.77. The van der Waals surface area contributed by atoms with Crippen LogP contribution in [0.15, 0.2) is 48.5 Å². The van der Waals surface area contributed by atoms with Crippen LogP contribution in [-0.4, -0.2) is 45.5 Å². The van der Waals surface area contributed by atoms with Crippen LogP contribution in [0.3, 0.4) is 0 Å². The van der Waals surface area contributed by atoms with Gasteiger partial charge >= 0.3 is 6.55 Å². The number of benzene rings is 2. The van der Waals surface area contributed by atoms with Crippen molar-refractivity contribution in [3.63, 3.8) is 0 Å². The highest BCUT2D eigenvalue weighted by atomic mass is 19.3. The molecule has 0 saturated carbocycles. The van der Waals surface area contributed by atoms with E-state index in [-0.39, 0.29) is 6.04 Å². The maximum absolute atomic E-state index is 13.8. The van der Waals surface area contributed by atoms with Gasteiger partial charge in [-0.1, -0.05) is 24.3 Å². The quantitative estimate of drug-likeness (QED) is 0.650. The van der Waals surface area contributed by atoms with Crippen LogP contribution in [0.2, 0.25) is 0 Å². The molecule has 1 aromatic heterocycles. The molecule has 0 amide bonds. The molecule has 1 aliphatic rings. The Balaban J connectivity index is 1.44. The van der Waals surface area contributed by atoms with Crippen molar-refractivity contribution in [2.45, 2.75) is 26.1 Å². The SMILES string of the molecule is C[C@@H](c1nc2ccccc2n1C(F)F)N1CCN(Cc2ccc(C#N)cc2)CC1. The van der Waals surface area contributed by atoms with Crippen molar-refractivity contribution in [1.29, 1.82) is 5.26 Å². The van der Waals surface area contributed by atoms with Gasteiger partial charge in [-0.25, -0.2) is 4.98 Å². The lowest BCUT2D eigenvalue weighted by molar-refractivity contribution is 0.0558. The molecule has 0 aliphatic carbocycles. The number of fused-ring (bicyclic) bond motifs is 1. The normalized spacial score (nSPS) is 16.9. The fourth-order valence-electron chi connectivity index (χ4n) is 3.98. The first-order valence-electron chi connectivity index (χ1n) is 9.77. The summed E-state index contributed by atoms with van der Waals surface area (Å²) in [6.45, 7) is 3.48. The summed E-state index contributed by atoms with van der Waals surface area (Å²) in [5.74, 6) is 0.418. The average Bonchev–Trinajstić information content (AvgIpc) is 3.14. The maximum atomic E-state index is 13.8. The largest absolute Gasteiger partial charge is 0.320 e. The topological polar surface area (TPSA) is 48.1 Å². The Morgan fingerprint density at radius 3 is 2.38 bits per heavy atom. The molecule has 5 nitrogen and oxygen atoms in total. The van der Waals surface area contributed by atoms with E-state index in [0.717, 1.165) is 37.3 Å². The summed E-state index contributed by atoms with van der Waals surface area (Å²) in [7, 11) is 0. The van der Waals surface area contributed by atoms with Crippen LogP contribution >= 0.6 is 0 Å². The van der Waals surface area contributed by atoms with Crippen LogP contribution in [0.5, 0.6) is 0 Å². The van der Waals surface area contributed by atoms with E-state index in [4.69, 9.17) is 5.26 Å². The predicted molar refractivity (Wildman–Crippen MR) is 107 cm³/mol. The van der Waals surface area contributed by atoms with Gasteiger partial charge in [0, 0.05) is 32.7 Å². The number of hydrogen-bond acceptors (Lipinski definition) is 4. The lowest BCUT2D eigenvalue weighted by Gasteiger charge is -2.37. The monoisotopic (exact) mass is 395 g/mol. The third-order valence-electron chi connectivity index (χ3n) is 5.64. The van der Waals surface area contributed by atoms with Crippen LogP contribution in [0.1, 0.15) is 36.5 Å². The zero-order valence-electron chi connectivity index (χ0n) is 16.3. The lowest BCUT2D eigenvalue weighted by atomic mass is 10.1. The summed E-state index contributed by atoms with van der Waals surface area (Å²) in [5, 5.41) is 8.91. The number of piperazine rings is 1. The zero-order chi connectivity index (χ0) is 20.4. The van der Waals surface area contributed by atoms with Crippen molar-refractivity contribution in [3.05, 3.63) is 65.5 Å². The molecule has 1 aliphatic heterocycles. The Morgan fingerprint density at radius 1 is 1.03 bits per heavy atom. The zero-order valence-corrected chi connectivity index (χ0v) is 16.3. The fourth-order valence-corrected chi connectivity index (χ4v) is 3.98. The molecule has 1 atom stereocenters. The number of rotatable bonds is 5. The minimum atomic E-state index is -2.61. The van der Waals surface area contributed by atoms with Gasteiger partial charge < -0.3 is 0 Å². The molecule has 0 bridgehead atoms. The van der Waals surface area contributed by atoms with Crippen molar-refractivity contribution >= 4 is 11.0 Å². The number of nitriles is 1. The molecule has 0 radical (unpaired) electrons. The summed E-state index contributed by atoms with van der Waals surface area (Å²) in [4.78, 5) is 9.08. The van der Waals surface area contributed by atoms with Gasteiger partial charge in [0.15, 0.2) is 0 Å². The third kappa shape index (κ3) is 4.00. The highest BCUT2D eigenvalue weighted by molar-refractivity contribution is 5.76. The summed E-state index contributed by atoms with van der Waals surface area (Å²) >= 11 is 0. The van der Waals surface area contributed by atoms with Gasteiger partial charge in [0.25, 0.3) is 0 Å². The first-order chi connectivity index (χ1) is 14.1. The van der Waals surface area contributed by atoms with Crippen molar-refractivity contribution in [2.75, 3.05) is 26.2 Å². The van der Waals surface area contributed by atoms with E-state index in [1.807, 2.05) is 37.3 Å². The Bertz CT molecular complexity index is 1010. The molecule has 1 saturated heterocycles. The minimum Gasteiger partial charge on any atom is -0.297 e. The number of hydrogen-bond donors (Lipinski definition) is 0. The molecule has 3 aromatic rings. The number of alkyl halides is 2. The number of nitrogens with zero attached hydrogens (tertiary/aromatic N) is 5. The Labute approximate surface area is 168 Å². The number of para-hydroxylation sites is 2. The van der Waals surface area contributed by atoms with Crippen LogP contribution in [0.4, 0.5) is 8.78 Å². The van der Waals surface area contributed by atoms with Crippen molar-refractivity contribution in [2.24, 2.45) is 0 Å². The molecule has 0 spiro atoms. The highest BCUT2D eigenvalue weighted by Gasteiger charge is 2.28. The molecular weight excluding hydrogens is 372 g/mol. The number of imidazole rings is 1. The number of aromatic nitrogens is 2. The predicted octanol–water partition coefficient (Wildman–Crippen LogP) is 4.18. The van der Waals surface area contributed by atoms with Gasteiger partial charge in [-0.2, -0.15) is 14.0 Å². The van der Waals surface area contributed by atoms with Gasteiger partial charge in [0.05, 0.1) is 28.7 Å². The molecule has 7 heteroatoms. The van der Waals surface area contributed by atoms with E-state index in [1.54, 1.807) is 18.2 Å². The van der Waals surface area contributed by atoms with Crippen molar-refractivity contribution in [3.8, 4) is 6.07 Å². The molecule has 29 heavy (non-hydrogen) atoms. The Hall–Kier alpha value is -2.82. The highest BCUT2D eigenvalue weighted by Crippen LogP contribution is 2.29. The molecule has 2 aromatic carbocycles. The van der Waals surface area contributed by atoms with E-state index in [9.17, 15) is 8.78 Å². The van der Waals surface area contributed by atoms with Crippen molar-refractivity contribution < 1.29 is 8.78 Å². The van der Waals surface area contributed by atoms with Crippen LogP contribution in [-0.2, 0) is 6.54 Å². The maximum Gasteiger partial charge on any atom is 0.320 e. The molecule has 1 fully saturated rings. The Morgan fingerprint density at radius 2 is 1.72 bits per heavy atom. The first kappa shape index (κ1) is 19.5. The second-order valence-corrected chi connectivity index (χ2v) is 7.40. The van der Waals surface area contributed by atoms with Gasteiger partial charge in [-0.3, -0.25) is 14.4 Å². The molecule has 2 heterocycles. The third-order valence-corrected chi connectivity index (χ3v) is 5.64. The smallest absolute Gasteiger partial charge is 0.297 e. The summed E-state index contributed by atoms with van der Waals surface area (Å²) in [6.07, 6.45) is 0. The molecule has 0 N–H and O–H groups in total. The summed E-state index contributed by atoms with van der Waals surface area (Å²) in [5.41, 5.74) is 2.91. The second-order valence-electron chi connectivity index (χ2n) is 7.40. The van der Waals surface area contributed by atoms with Crippen LogP contribution in [0.25, 0.3) is 11.0 Å². The second kappa shape index (κ2) is 8.27. The van der Waals surface area contributed by atoms with Gasteiger partial charge in [0.1, 0.15) is 5.82 Å². The standard InChI is InChI=1S/C22H23F2N5/c1-16(21-26-19-4-2-3-5-20(19)29(21)22(23)24)28-12-10-27(11-13-28)15-18-8-6-17(14-25)7-9-18/h2-9,16,22H,10-13,15H2,1H3/t16-/m0/s1. The molecule has 4 rings (SSSR count). The molecule has 150 valence electrons. The molecule has 0 unspecified atom stereocenters. The van der Waals surface area contributed by atoms with E-state index in [1.165, 1.54) is 5.56 Å². The molecular formula is C22H23F2N5. The van der Waals surface area contributed by atoms with E-state index in [2.05, 4.69) is 20.9 Å². The van der Waals surface area contributed by atoms with Gasteiger partial charge in [-0.15, -0.1) is 0 Å². The lowest BCUT2D eigenvalue weighted by Crippen LogP contribution is -2.47. The number of halogens is 2. The Kier molecular flexibility index (Phi) is 5.56. The average molecular weight is 395 g/mol. The fraction of sp³-hybridized carbons (Fsp3) is 0.364. The van der Waals surface area contributed by atoms with Gasteiger partial charge in [-0.05, 0) is 36.8 Å². The van der Waals surface area contributed by atoms with E-state index < -0.39 is 6.55 Å². The van der Waals surface area contributed by atoms with E-state index >= 15 is 0 Å².